The van der Waals surface area contributed by atoms with Crippen molar-refractivity contribution in [2.75, 3.05) is 26.7 Å². The molecule has 140 valence electrons. The van der Waals surface area contributed by atoms with E-state index < -0.39 is 6.61 Å². The fourth-order valence-corrected chi connectivity index (χ4v) is 3.23. The molecule has 26 heavy (non-hydrogen) atoms. The Morgan fingerprint density at radius 1 is 1.12 bits per heavy atom. The van der Waals surface area contributed by atoms with Gasteiger partial charge in [0.25, 0.3) is 0 Å². The lowest BCUT2D eigenvalue weighted by Crippen LogP contribution is -2.35. The maximum Gasteiger partial charge on any atom is 0.387 e. The Morgan fingerprint density at radius 3 is 2.69 bits per heavy atom. The summed E-state index contributed by atoms with van der Waals surface area (Å²) < 4.78 is 34.5. The highest BCUT2D eigenvalue weighted by Gasteiger charge is 2.15. The van der Waals surface area contributed by atoms with Crippen molar-refractivity contribution in [3.63, 3.8) is 0 Å². The summed E-state index contributed by atoms with van der Waals surface area (Å²) >= 11 is 0. The van der Waals surface area contributed by atoms with Crippen LogP contribution in [0.15, 0.2) is 42.5 Å². The van der Waals surface area contributed by atoms with E-state index in [-0.39, 0.29) is 5.75 Å². The van der Waals surface area contributed by atoms with E-state index in [1.54, 1.807) is 12.1 Å². The number of nitrogens with one attached hydrogen (secondary N) is 1. The van der Waals surface area contributed by atoms with Crippen LogP contribution in [0.1, 0.15) is 16.7 Å². The average Bonchev–Trinajstić information content (AvgIpc) is 2.65. The highest BCUT2D eigenvalue weighted by Crippen LogP contribution is 2.29. The van der Waals surface area contributed by atoms with Gasteiger partial charge in [-0.25, -0.2) is 0 Å². The first-order valence-electron chi connectivity index (χ1n) is 8.77. The van der Waals surface area contributed by atoms with Gasteiger partial charge in [-0.2, -0.15) is 8.78 Å². The molecular weight excluding hydrogens is 338 g/mol. The fraction of sp³-hybridized carbons (Fsp3) is 0.400. The third-order valence-corrected chi connectivity index (χ3v) is 4.59. The van der Waals surface area contributed by atoms with E-state index >= 15 is 0 Å². The number of hydrogen-bond donors (Lipinski definition) is 1. The summed E-state index contributed by atoms with van der Waals surface area (Å²) in [6.45, 7) is 1.55. The predicted octanol–water partition coefficient (Wildman–Crippen LogP) is 3.44. The van der Waals surface area contributed by atoms with E-state index in [2.05, 4.69) is 39.2 Å². The van der Waals surface area contributed by atoms with E-state index in [0.29, 0.717) is 12.3 Å². The maximum atomic E-state index is 12.5. The molecule has 0 amide bonds. The molecule has 6 heteroatoms. The molecule has 0 saturated carbocycles. The Labute approximate surface area is 152 Å². The Hall–Kier alpha value is -2.18. The molecule has 1 aliphatic heterocycles. The van der Waals surface area contributed by atoms with E-state index in [4.69, 9.17) is 4.74 Å². The van der Waals surface area contributed by atoms with Gasteiger partial charge in [-0.05, 0) is 35.2 Å². The standard InChI is InChI=1S/C20H24F2N2O2/c1-25-18-7-6-15(12-19(18)26-20(21)22)13-23-9-11-24-10-8-16-4-2-3-5-17(16)14-24/h2-7,12,20,23H,8-11,13-14H2,1H3. The topological polar surface area (TPSA) is 33.7 Å². The minimum absolute atomic E-state index is 0.0643. The second-order valence-corrected chi connectivity index (χ2v) is 6.34. The molecule has 0 unspecified atom stereocenters. The van der Waals surface area contributed by atoms with E-state index in [1.165, 1.54) is 18.2 Å². The van der Waals surface area contributed by atoms with Crippen molar-refractivity contribution in [2.24, 2.45) is 0 Å². The van der Waals surface area contributed by atoms with Crippen molar-refractivity contribution >= 4 is 0 Å². The van der Waals surface area contributed by atoms with Crippen LogP contribution in [0.4, 0.5) is 8.78 Å². The van der Waals surface area contributed by atoms with E-state index in [9.17, 15) is 8.78 Å². The third-order valence-electron chi connectivity index (χ3n) is 4.59. The summed E-state index contributed by atoms with van der Waals surface area (Å²) in [5.41, 5.74) is 3.73. The van der Waals surface area contributed by atoms with Gasteiger partial charge in [-0.1, -0.05) is 30.3 Å². The van der Waals surface area contributed by atoms with Gasteiger partial charge in [0.2, 0.25) is 0 Å². The lowest BCUT2D eigenvalue weighted by atomic mass is 10.00. The van der Waals surface area contributed by atoms with Gasteiger partial charge < -0.3 is 14.8 Å². The molecule has 3 rings (SSSR count). The minimum Gasteiger partial charge on any atom is -0.493 e. The van der Waals surface area contributed by atoms with Crippen LogP contribution in [-0.4, -0.2) is 38.3 Å². The molecule has 1 aliphatic rings. The molecule has 2 aromatic carbocycles. The van der Waals surface area contributed by atoms with Crippen LogP contribution in [0.3, 0.4) is 0 Å². The lowest BCUT2D eigenvalue weighted by molar-refractivity contribution is -0.0512. The highest BCUT2D eigenvalue weighted by molar-refractivity contribution is 5.43. The van der Waals surface area contributed by atoms with Crippen molar-refractivity contribution in [1.82, 2.24) is 10.2 Å². The molecule has 0 saturated heterocycles. The summed E-state index contributed by atoms with van der Waals surface area (Å²) in [4.78, 5) is 2.43. The number of hydrogen-bond acceptors (Lipinski definition) is 4. The summed E-state index contributed by atoms with van der Waals surface area (Å²) in [5, 5.41) is 3.37. The largest absolute Gasteiger partial charge is 0.493 e. The van der Waals surface area contributed by atoms with Gasteiger partial charge in [0.1, 0.15) is 0 Å². The molecule has 0 spiro atoms. The highest BCUT2D eigenvalue weighted by atomic mass is 19.3. The molecule has 0 atom stereocenters. The lowest BCUT2D eigenvalue weighted by Gasteiger charge is -2.28. The third kappa shape index (κ3) is 4.93. The number of ether oxygens (including phenoxy) is 2. The molecule has 0 radical (unpaired) electrons. The van der Waals surface area contributed by atoms with Crippen LogP contribution in [0.2, 0.25) is 0 Å². The zero-order chi connectivity index (χ0) is 18.4. The number of benzene rings is 2. The molecule has 1 N–H and O–H groups in total. The second-order valence-electron chi connectivity index (χ2n) is 6.34. The molecule has 0 fully saturated rings. The van der Waals surface area contributed by atoms with Gasteiger partial charge in [0, 0.05) is 32.7 Å². The number of halogens is 2. The smallest absolute Gasteiger partial charge is 0.387 e. The van der Waals surface area contributed by atoms with Crippen LogP contribution >= 0.6 is 0 Å². The zero-order valence-electron chi connectivity index (χ0n) is 14.9. The first kappa shape index (κ1) is 18.6. The molecule has 0 aromatic heterocycles. The fourth-order valence-electron chi connectivity index (χ4n) is 3.23. The first-order chi connectivity index (χ1) is 12.7. The number of alkyl halides is 2. The predicted molar refractivity (Wildman–Crippen MR) is 96.8 cm³/mol. The van der Waals surface area contributed by atoms with Gasteiger partial charge in [0.15, 0.2) is 11.5 Å². The van der Waals surface area contributed by atoms with Crippen LogP contribution in [0, 0.1) is 0 Å². The van der Waals surface area contributed by atoms with E-state index in [0.717, 1.165) is 38.2 Å². The number of fused-ring (bicyclic) bond motifs is 1. The summed E-state index contributed by atoms with van der Waals surface area (Å²) in [7, 11) is 1.43. The Morgan fingerprint density at radius 2 is 1.92 bits per heavy atom. The van der Waals surface area contributed by atoms with Crippen molar-refractivity contribution in [3.8, 4) is 11.5 Å². The summed E-state index contributed by atoms with van der Waals surface area (Å²) in [5.74, 6) is 0.371. The number of rotatable bonds is 8. The Kier molecular flexibility index (Phi) is 6.41. The quantitative estimate of drug-likeness (QED) is 0.730. The van der Waals surface area contributed by atoms with Crippen LogP contribution < -0.4 is 14.8 Å². The molecule has 2 aromatic rings. The normalized spacial score (nSPS) is 14.3. The van der Waals surface area contributed by atoms with Gasteiger partial charge in [-0.15, -0.1) is 0 Å². The summed E-state index contributed by atoms with van der Waals surface area (Å²) in [6.07, 6.45) is 1.09. The second kappa shape index (κ2) is 8.96. The first-order valence-corrected chi connectivity index (χ1v) is 8.77. The van der Waals surface area contributed by atoms with E-state index in [1.807, 2.05) is 6.07 Å². The number of methoxy groups -OCH3 is 1. The molecule has 0 bridgehead atoms. The molecule has 1 heterocycles. The SMILES string of the molecule is COc1ccc(CNCCN2CCc3ccccc3C2)cc1OC(F)F. The van der Waals surface area contributed by atoms with Crippen molar-refractivity contribution in [2.45, 2.75) is 26.1 Å². The van der Waals surface area contributed by atoms with Crippen molar-refractivity contribution < 1.29 is 18.3 Å². The van der Waals surface area contributed by atoms with Crippen molar-refractivity contribution in [3.05, 3.63) is 59.2 Å². The summed E-state index contributed by atoms with van der Waals surface area (Å²) in [6, 6.07) is 13.7. The van der Waals surface area contributed by atoms with Gasteiger partial charge >= 0.3 is 6.61 Å². The molecular formula is C20H24F2N2O2. The van der Waals surface area contributed by atoms with Crippen LogP contribution in [0.25, 0.3) is 0 Å². The average molecular weight is 362 g/mol. The minimum atomic E-state index is -2.87. The van der Waals surface area contributed by atoms with Gasteiger partial charge in [0.05, 0.1) is 7.11 Å². The molecule has 0 aliphatic carbocycles. The Bertz CT molecular complexity index is 725. The van der Waals surface area contributed by atoms with Crippen LogP contribution in [-0.2, 0) is 19.5 Å². The van der Waals surface area contributed by atoms with Crippen LogP contribution in [0.5, 0.6) is 11.5 Å². The number of nitrogens with zero attached hydrogens (tertiary/aromatic N) is 1. The zero-order valence-corrected chi connectivity index (χ0v) is 14.9. The monoisotopic (exact) mass is 362 g/mol. The van der Waals surface area contributed by atoms with Crippen molar-refractivity contribution in [1.29, 1.82) is 0 Å². The van der Waals surface area contributed by atoms with Gasteiger partial charge in [-0.3, -0.25) is 4.90 Å². The maximum absolute atomic E-state index is 12.5. The molecule has 4 nitrogen and oxygen atoms in total. The Balaban J connectivity index is 1.47.